The van der Waals surface area contributed by atoms with Crippen LogP contribution in [-0.2, 0) is 16.0 Å². The molecule has 0 spiro atoms. The van der Waals surface area contributed by atoms with Gasteiger partial charge in [0.2, 0.25) is 5.91 Å². The van der Waals surface area contributed by atoms with Crippen molar-refractivity contribution >= 4 is 29.0 Å². The van der Waals surface area contributed by atoms with Crippen molar-refractivity contribution in [3.8, 4) is 0 Å². The summed E-state index contributed by atoms with van der Waals surface area (Å²) >= 11 is 6.23. The molecule has 2 aromatic carbocycles. The average Bonchev–Trinajstić information content (AvgIpc) is 2.66. The van der Waals surface area contributed by atoms with Crippen molar-refractivity contribution in [1.82, 2.24) is 0 Å². The molecule has 3 nitrogen and oxygen atoms in total. The molecule has 0 saturated heterocycles. The van der Waals surface area contributed by atoms with E-state index in [1.807, 2.05) is 47.4 Å². The van der Waals surface area contributed by atoms with Gasteiger partial charge < -0.3 is 0 Å². The van der Waals surface area contributed by atoms with Gasteiger partial charge in [0.25, 0.3) is 0 Å². The van der Waals surface area contributed by atoms with E-state index in [1.54, 1.807) is 0 Å². The highest BCUT2D eigenvalue weighted by Crippen LogP contribution is 2.48. The third-order valence-electron chi connectivity index (χ3n) is 6.01. The molecular formula is C25H26ClNO2. The molecule has 4 rings (SSSR count). The highest BCUT2D eigenvalue weighted by atomic mass is 35.5. The van der Waals surface area contributed by atoms with Gasteiger partial charge in [-0.1, -0.05) is 62.7 Å². The molecule has 0 bridgehead atoms. The zero-order chi connectivity index (χ0) is 20.8. The van der Waals surface area contributed by atoms with Crippen molar-refractivity contribution < 1.29 is 9.59 Å². The molecule has 1 amide bonds. The first-order valence-corrected chi connectivity index (χ1v) is 10.6. The molecule has 1 unspecified atom stereocenters. The molecule has 150 valence electrons. The summed E-state index contributed by atoms with van der Waals surface area (Å²) in [4.78, 5) is 28.6. The smallest absolute Gasteiger partial charge is 0.232 e. The minimum absolute atomic E-state index is 0.0418. The highest BCUT2D eigenvalue weighted by Gasteiger charge is 2.44. The molecule has 29 heavy (non-hydrogen) atoms. The van der Waals surface area contributed by atoms with Crippen LogP contribution in [0.1, 0.15) is 57.1 Å². The van der Waals surface area contributed by atoms with Gasteiger partial charge in [0.15, 0.2) is 5.78 Å². The summed E-state index contributed by atoms with van der Waals surface area (Å²) in [5, 5.41) is 0.624. The fourth-order valence-electron chi connectivity index (χ4n) is 4.73. The van der Waals surface area contributed by atoms with Gasteiger partial charge in [-0.3, -0.25) is 14.5 Å². The van der Waals surface area contributed by atoms with E-state index < -0.39 is 0 Å². The molecule has 0 fully saturated rings. The molecular weight excluding hydrogens is 382 g/mol. The normalized spacial score (nSPS) is 21.4. The lowest BCUT2D eigenvalue weighted by Gasteiger charge is -2.43. The van der Waals surface area contributed by atoms with Gasteiger partial charge in [-0.2, -0.15) is 0 Å². The minimum atomic E-state index is -0.232. The summed E-state index contributed by atoms with van der Waals surface area (Å²) in [6.45, 7) is 6.30. The average molecular weight is 408 g/mol. The van der Waals surface area contributed by atoms with Crippen molar-refractivity contribution in [2.24, 2.45) is 5.41 Å². The summed E-state index contributed by atoms with van der Waals surface area (Å²) in [5.74, 6) is -0.0438. The van der Waals surface area contributed by atoms with Gasteiger partial charge in [0.1, 0.15) is 0 Å². The fourth-order valence-corrected chi connectivity index (χ4v) is 4.93. The number of nitrogens with zero attached hydrogens (tertiary/aromatic N) is 1. The number of para-hydroxylation sites is 1. The third kappa shape index (κ3) is 3.64. The Labute approximate surface area is 177 Å². The SMILES string of the molecule is CCc1ccccc1N1C(=O)CC(c2cccc(Cl)c2)C2=C1CC(C)(C)CC2=O. The quantitative estimate of drug-likeness (QED) is 0.619. The topological polar surface area (TPSA) is 37.4 Å². The Kier molecular flexibility index (Phi) is 5.12. The number of ketones is 1. The van der Waals surface area contributed by atoms with Crippen molar-refractivity contribution in [2.75, 3.05) is 4.90 Å². The molecule has 0 aromatic heterocycles. The Morgan fingerprint density at radius 2 is 1.83 bits per heavy atom. The number of allylic oxidation sites excluding steroid dienone is 2. The number of halogens is 1. The van der Waals surface area contributed by atoms with Crippen LogP contribution in [0.4, 0.5) is 5.69 Å². The molecule has 0 radical (unpaired) electrons. The molecule has 1 heterocycles. The highest BCUT2D eigenvalue weighted by molar-refractivity contribution is 6.30. The maximum atomic E-state index is 13.5. The summed E-state index contributed by atoms with van der Waals surface area (Å²) in [7, 11) is 0. The Morgan fingerprint density at radius 1 is 1.07 bits per heavy atom. The number of Topliss-reactive ketones (excluding diaryl/α,β-unsaturated/α-hetero) is 1. The van der Waals surface area contributed by atoms with E-state index in [1.165, 1.54) is 0 Å². The maximum absolute atomic E-state index is 13.5. The number of carbonyl (C=O) groups excluding carboxylic acids is 2. The minimum Gasteiger partial charge on any atom is -0.294 e. The number of benzene rings is 2. The Hall–Kier alpha value is -2.39. The predicted molar refractivity (Wildman–Crippen MR) is 117 cm³/mol. The van der Waals surface area contributed by atoms with Gasteiger partial charge in [-0.25, -0.2) is 0 Å². The van der Waals surface area contributed by atoms with Crippen LogP contribution in [0.5, 0.6) is 0 Å². The Balaban J connectivity index is 1.93. The standard InChI is InChI=1S/C25H26ClNO2/c1-4-16-8-5-6-11-20(16)27-21-14-25(2,3)15-22(28)24(21)19(13-23(27)29)17-9-7-10-18(26)12-17/h5-12,19H,4,13-15H2,1-3H3. The Bertz CT molecular complexity index is 1020. The second kappa shape index (κ2) is 7.46. The van der Waals surface area contributed by atoms with Crippen molar-refractivity contribution in [1.29, 1.82) is 0 Å². The molecule has 1 atom stereocenters. The van der Waals surface area contributed by atoms with E-state index >= 15 is 0 Å². The van der Waals surface area contributed by atoms with Gasteiger partial charge in [-0.15, -0.1) is 0 Å². The van der Waals surface area contributed by atoms with Gasteiger partial charge in [0, 0.05) is 35.1 Å². The first-order chi connectivity index (χ1) is 13.8. The number of amides is 1. The molecule has 2 aliphatic rings. The lowest BCUT2D eigenvalue weighted by molar-refractivity contribution is -0.121. The van der Waals surface area contributed by atoms with E-state index in [4.69, 9.17) is 11.6 Å². The summed E-state index contributed by atoms with van der Waals surface area (Å²) in [6, 6.07) is 15.6. The van der Waals surface area contributed by atoms with Crippen LogP contribution in [0.15, 0.2) is 59.8 Å². The van der Waals surface area contributed by atoms with E-state index in [2.05, 4.69) is 26.8 Å². The van der Waals surface area contributed by atoms with Crippen LogP contribution < -0.4 is 4.90 Å². The van der Waals surface area contributed by atoms with E-state index in [-0.39, 0.29) is 29.4 Å². The van der Waals surface area contributed by atoms with Gasteiger partial charge in [0.05, 0.1) is 5.69 Å². The molecule has 1 aliphatic carbocycles. The zero-order valence-electron chi connectivity index (χ0n) is 17.2. The van der Waals surface area contributed by atoms with Gasteiger partial charge in [-0.05, 0) is 47.6 Å². The maximum Gasteiger partial charge on any atom is 0.232 e. The Morgan fingerprint density at radius 3 is 2.55 bits per heavy atom. The largest absolute Gasteiger partial charge is 0.294 e. The lowest BCUT2D eigenvalue weighted by Crippen LogP contribution is -2.44. The predicted octanol–water partition coefficient (Wildman–Crippen LogP) is 6.07. The monoisotopic (exact) mass is 407 g/mol. The number of carbonyl (C=O) groups is 2. The molecule has 2 aromatic rings. The van der Waals surface area contributed by atoms with Crippen molar-refractivity contribution in [3.63, 3.8) is 0 Å². The third-order valence-corrected chi connectivity index (χ3v) is 6.24. The summed E-state index contributed by atoms with van der Waals surface area (Å²) < 4.78 is 0. The van der Waals surface area contributed by atoms with E-state index in [0.29, 0.717) is 17.9 Å². The van der Waals surface area contributed by atoms with Crippen LogP contribution in [-0.4, -0.2) is 11.7 Å². The van der Waals surface area contributed by atoms with Crippen LogP contribution in [0.25, 0.3) is 0 Å². The second-order valence-corrected chi connectivity index (χ2v) is 9.26. The first-order valence-electron chi connectivity index (χ1n) is 10.2. The van der Waals surface area contributed by atoms with E-state index in [9.17, 15) is 9.59 Å². The molecule has 0 saturated carbocycles. The zero-order valence-corrected chi connectivity index (χ0v) is 17.9. The van der Waals surface area contributed by atoms with Crippen LogP contribution in [0.2, 0.25) is 5.02 Å². The van der Waals surface area contributed by atoms with Crippen LogP contribution in [0.3, 0.4) is 0 Å². The first kappa shape index (κ1) is 19.9. The number of hydrogen-bond acceptors (Lipinski definition) is 2. The number of anilines is 1. The molecule has 1 aliphatic heterocycles. The number of rotatable bonds is 3. The summed E-state index contributed by atoms with van der Waals surface area (Å²) in [6.07, 6.45) is 2.32. The molecule has 0 N–H and O–H groups in total. The van der Waals surface area contributed by atoms with Crippen molar-refractivity contribution in [2.45, 2.75) is 52.4 Å². The summed E-state index contributed by atoms with van der Waals surface area (Å²) in [5.41, 5.74) is 4.44. The number of aryl methyl sites for hydroxylation is 1. The van der Waals surface area contributed by atoms with Crippen LogP contribution in [0, 0.1) is 5.41 Å². The fraction of sp³-hybridized carbons (Fsp3) is 0.360. The van der Waals surface area contributed by atoms with Crippen LogP contribution >= 0.6 is 11.6 Å². The van der Waals surface area contributed by atoms with Crippen molar-refractivity contribution in [3.05, 3.63) is 76.0 Å². The van der Waals surface area contributed by atoms with Gasteiger partial charge >= 0.3 is 0 Å². The van der Waals surface area contributed by atoms with E-state index in [0.717, 1.165) is 34.5 Å². The second-order valence-electron chi connectivity index (χ2n) is 8.82. The molecule has 4 heteroatoms. The number of hydrogen-bond donors (Lipinski definition) is 0. The lowest BCUT2D eigenvalue weighted by atomic mass is 9.69.